The molecule has 1 saturated heterocycles. The summed E-state index contributed by atoms with van der Waals surface area (Å²) < 4.78 is 0. The zero-order valence-corrected chi connectivity index (χ0v) is 21.1. The molecule has 0 spiro atoms. The minimum Gasteiger partial charge on any atom is -0.349 e. The average Bonchev–Trinajstić information content (AvgIpc) is 2.80. The molecule has 4 rings (SSSR count). The van der Waals surface area contributed by atoms with E-state index in [4.69, 9.17) is 23.2 Å². The lowest BCUT2D eigenvalue weighted by Gasteiger charge is -2.38. The maximum Gasteiger partial charge on any atom is 0.251 e. The van der Waals surface area contributed by atoms with Gasteiger partial charge in [0.15, 0.2) is 0 Å². The van der Waals surface area contributed by atoms with Gasteiger partial charge in [-0.05, 0) is 62.8 Å². The molecule has 0 radical (unpaired) electrons. The van der Waals surface area contributed by atoms with E-state index in [0.29, 0.717) is 21.7 Å². The number of benzene rings is 2. The van der Waals surface area contributed by atoms with Crippen molar-refractivity contribution in [3.8, 4) is 0 Å². The summed E-state index contributed by atoms with van der Waals surface area (Å²) in [7, 11) is 0. The van der Waals surface area contributed by atoms with E-state index in [1.165, 1.54) is 0 Å². The summed E-state index contributed by atoms with van der Waals surface area (Å²) in [5.74, 6) is 0.250. The van der Waals surface area contributed by atoms with Gasteiger partial charge in [-0.3, -0.25) is 9.59 Å². The van der Waals surface area contributed by atoms with Crippen molar-refractivity contribution in [2.24, 2.45) is 5.92 Å². The summed E-state index contributed by atoms with van der Waals surface area (Å²) in [6.07, 6.45) is 5.81. The molecule has 0 aromatic heterocycles. The lowest BCUT2D eigenvalue weighted by molar-refractivity contribution is -0.128. The molecule has 0 bridgehead atoms. The van der Waals surface area contributed by atoms with Crippen LogP contribution in [-0.4, -0.2) is 41.9 Å². The van der Waals surface area contributed by atoms with Crippen LogP contribution < -0.4 is 10.6 Å². The highest BCUT2D eigenvalue weighted by Gasteiger charge is 2.30. The fraction of sp³-hybridized carbons (Fsp3) is 0.481. The Bertz CT molecular complexity index is 989. The number of nitrogens with one attached hydrogen (secondary N) is 2. The van der Waals surface area contributed by atoms with E-state index in [0.717, 1.165) is 57.2 Å². The minimum absolute atomic E-state index is 0.0105. The number of likely N-dealkylation sites (tertiary alicyclic amines) is 1. The monoisotopic (exact) mass is 501 g/mol. The van der Waals surface area contributed by atoms with Gasteiger partial charge in [0.25, 0.3) is 5.91 Å². The van der Waals surface area contributed by atoms with Gasteiger partial charge in [-0.25, -0.2) is 0 Å². The van der Waals surface area contributed by atoms with Crippen LogP contribution in [0.5, 0.6) is 0 Å². The van der Waals surface area contributed by atoms with Crippen molar-refractivity contribution in [2.75, 3.05) is 13.1 Å². The van der Waals surface area contributed by atoms with Crippen molar-refractivity contribution in [2.45, 2.75) is 63.6 Å². The van der Waals surface area contributed by atoms with Crippen molar-refractivity contribution < 1.29 is 9.59 Å². The Kier molecular flexibility index (Phi) is 8.51. The topological polar surface area (TPSA) is 61.4 Å². The number of nitrogens with zero attached hydrogens (tertiary/aromatic N) is 1. The molecular weight excluding hydrogens is 469 g/mol. The number of amides is 2. The number of carbonyl (C=O) groups excluding carboxylic acids is 2. The van der Waals surface area contributed by atoms with Crippen LogP contribution in [0, 0.1) is 5.92 Å². The van der Waals surface area contributed by atoms with E-state index in [1.54, 1.807) is 18.2 Å². The molecular formula is C27H33Cl2N3O2. The Morgan fingerprint density at radius 1 is 1.00 bits per heavy atom. The first-order valence-electron chi connectivity index (χ1n) is 12.3. The third-order valence-corrected chi connectivity index (χ3v) is 7.98. The molecule has 2 aliphatic rings. The molecule has 2 aromatic rings. The predicted octanol–water partition coefficient (Wildman–Crippen LogP) is 5.62. The van der Waals surface area contributed by atoms with Crippen LogP contribution in [0.15, 0.2) is 48.5 Å². The van der Waals surface area contributed by atoms with Crippen LogP contribution in [0.2, 0.25) is 10.0 Å². The SMILES string of the molecule is CC(C[C@H](NC(=O)C1CCC1)c1ccccc1)N1CCC(NC(=O)c2ccc(Cl)c(Cl)c2)CC1. The predicted molar refractivity (Wildman–Crippen MR) is 137 cm³/mol. The van der Waals surface area contributed by atoms with Gasteiger partial charge in [-0.2, -0.15) is 0 Å². The van der Waals surface area contributed by atoms with Crippen molar-refractivity contribution in [1.82, 2.24) is 15.5 Å². The van der Waals surface area contributed by atoms with Crippen LogP contribution in [-0.2, 0) is 4.79 Å². The maximum atomic E-state index is 12.7. The first kappa shape index (κ1) is 25.0. The Labute approximate surface area is 212 Å². The molecule has 2 fully saturated rings. The zero-order valence-electron chi connectivity index (χ0n) is 19.6. The van der Waals surface area contributed by atoms with E-state index >= 15 is 0 Å². The van der Waals surface area contributed by atoms with Crippen LogP contribution in [0.3, 0.4) is 0 Å². The van der Waals surface area contributed by atoms with Gasteiger partial charge in [-0.15, -0.1) is 0 Å². The maximum absolute atomic E-state index is 12.7. The highest BCUT2D eigenvalue weighted by Crippen LogP contribution is 2.29. The van der Waals surface area contributed by atoms with E-state index < -0.39 is 0 Å². The number of carbonyl (C=O) groups is 2. The number of piperidine rings is 1. The van der Waals surface area contributed by atoms with E-state index in [2.05, 4.69) is 34.6 Å². The second kappa shape index (κ2) is 11.6. The van der Waals surface area contributed by atoms with Crippen LogP contribution in [0.1, 0.15) is 67.4 Å². The van der Waals surface area contributed by atoms with Crippen molar-refractivity contribution in [3.05, 3.63) is 69.7 Å². The molecule has 1 aliphatic heterocycles. The Morgan fingerprint density at radius 3 is 2.32 bits per heavy atom. The van der Waals surface area contributed by atoms with E-state index in [9.17, 15) is 9.59 Å². The number of hydrogen-bond acceptors (Lipinski definition) is 3. The summed E-state index contributed by atoms with van der Waals surface area (Å²) in [5.41, 5.74) is 1.68. The van der Waals surface area contributed by atoms with Gasteiger partial charge in [0.2, 0.25) is 5.91 Å². The summed E-state index contributed by atoms with van der Waals surface area (Å²) in [6.45, 7) is 4.05. The normalized spacial score (nSPS) is 19.1. The molecule has 2 atom stereocenters. The fourth-order valence-electron chi connectivity index (χ4n) is 4.80. The quantitative estimate of drug-likeness (QED) is 0.492. The zero-order chi connectivity index (χ0) is 24.1. The molecule has 1 unspecified atom stereocenters. The van der Waals surface area contributed by atoms with Gasteiger partial charge < -0.3 is 15.5 Å². The smallest absolute Gasteiger partial charge is 0.251 e. The Morgan fingerprint density at radius 2 is 1.71 bits per heavy atom. The molecule has 1 saturated carbocycles. The number of hydrogen-bond donors (Lipinski definition) is 2. The van der Waals surface area contributed by atoms with Gasteiger partial charge in [0.05, 0.1) is 16.1 Å². The molecule has 2 N–H and O–H groups in total. The number of halogens is 2. The fourth-order valence-corrected chi connectivity index (χ4v) is 5.10. The van der Waals surface area contributed by atoms with Crippen LogP contribution >= 0.6 is 23.2 Å². The van der Waals surface area contributed by atoms with Crippen LogP contribution in [0.25, 0.3) is 0 Å². The van der Waals surface area contributed by atoms with Gasteiger partial charge >= 0.3 is 0 Å². The molecule has 182 valence electrons. The van der Waals surface area contributed by atoms with Crippen LogP contribution in [0.4, 0.5) is 0 Å². The summed E-state index contributed by atoms with van der Waals surface area (Å²) in [4.78, 5) is 27.8. The van der Waals surface area contributed by atoms with Crippen molar-refractivity contribution >= 4 is 35.0 Å². The molecule has 2 aromatic carbocycles. The molecule has 7 heteroatoms. The van der Waals surface area contributed by atoms with E-state index in [-0.39, 0.29) is 29.8 Å². The van der Waals surface area contributed by atoms with Gasteiger partial charge in [0, 0.05) is 36.7 Å². The molecule has 1 aliphatic carbocycles. The van der Waals surface area contributed by atoms with Crippen molar-refractivity contribution in [3.63, 3.8) is 0 Å². The summed E-state index contributed by atoms with van der Waals surface area (Å²) >= 11 is 12.0. The molecule has 5 nitrogen and oxygen atoms in total. The lowest BCUT2D eigenvalue weighted by atomic mass is 9.84. The molecule has 34 heavy (non-hydrogen) atoms. The average molecular weight is 502 g/mol. The second-order valence-electron chi connectivity index (χ2n) is 9.60. The van der Waals surface area contributed by atoms with Gasteiger partial charge in [0.1, 0.15) is 0 Å². The first-order chi connectivity index (χ1) is 16.4. The van der Waals surface area contributed by atoms with Gasteiger partial charge in [-0.1, -0.05) is 60.0 Å². The standard InChI is InChI=1S/C27H33Cl2N3O2/c1-18(16-25(19-6-3-2-4-7-19)31-26(33)20-8-5-9-20)32-14-12-22(13-15-32)30-27(34)21-10-11-23(28)24(29)17-21/h2-4,6-7,10-11,17-18,20,22,25H,5,8-9,12-16H2,1H3,(H,30,34)(H,31,33)/t18?,25-/m0/s1. The molecule has 1 heterocycles. The molecule has 2 amide bonds. The number of rotatable bonds is 8. The summed E-state index contributed by atoms with van der Waals surface area (Å²) in [6, 6.07) is 15.7. The lowest BCUT2D eigenvalue weighted by Crippen LogP contribution is -2.48. The Hall–Kier alpha value is -2.08. The first-order valence-corrected chi connectivity index (χ1v) is 13.0. The second-order valence-corrected chi connectivity index (χ2v) is 10.4. The van der Waals surface area contributed by atoms with E-state index in [1.807, 2.05) is 18.2 Å². The van der Waals surface area contributed by atoms with Crippen molar-refractivity contribution in [1.29, 1.82) is 0 Å². The highest BCUT2D eigenvalue weighted by atomic mass is 35.5. The summed E-state index contributed by atoms with van der Waals surface area (Å²) in [5, 5.41) is 7.29. The third-order valence-electron chi connectivity index (χ3n) is 7.24. The third kappa shape index (κ3) is 6.32. The Balaban J connectivity index is 1.30. The highest BCUT2D eigenvalue weighted by molar-refractivity contribution is 6.42. The minimum atomic E-state index is -0.118. The largest absolute Gasteiger partial charge is 0.349 e.